The number of rotatable bonds is 5. The van der Waals surface area contributed by atoms with Crippen molar-refractivity contribution in [3.63, 3.8) is 0 Å². The Kier molecular flexibility index (Phi) is 5.48. The molecule has 3 aromatic rings. The fourth-order valence-electron chi connectivity index (χ4n) is 3.19. The smallest absolute Gasteiger partial charge is 0.293 e. The Bertz CT molecular complexity index is 1230. The molecule has 0 N–H and O–H groups in total. The predicted molar refractivity (Wildman–Crippen MR) is 118 cm³/mol. The van der Waals surface area contributed by atoms with E-state index in [2.05, 4.69) is 0 Å². The number of imide groups is 1. The van der Waals surface area contributed by atoms with Crippen LogP contribution in [-0.4, -0.2) is 21.0 Å². The molecule has 8 heteroatoms. The molecule has 0 unspecified atom stereocenters. The summed E-state index contributed by atoms with van der Waals surface area (Å²) in [6, 6.07) is 15.8. The number of benzene rings is 2. The highest BCUT2D eigenvalue weighted by molar-refractivity contribution is 8.18. The van der Waals surface area contributed by atoms with Crippen LogP contribution in [0.4, 0.5) is 10.5 Å². The highest BCUT2D eigenvalue weighted by Gasteiger charge is 2.35. The van der Waals surface area contributed by atoms with Gasteiger partial charge in [0.15, 0.2) is 0 Å². The first-order valence-corrected chi connectivity index (χ1v) is 10.3. The van der Waals surface area contributed by atoms with E-state index < -0.39 is 4.92 Å². The van der Waals surface area contributed by atoms with Gasteiger partial charge in [-0.15, -0.1) is 0 Å². The largest absolute Gasteiger partial charge is 0.457 e. The van der Waals surface area contributed by atoms with Gasteiger partial charge in [-0.1, -0.05) is 42.0 Å². The van der Waals surface area contributed by atoms with Crippen LogP contribution in [0.5, 0.6) is 0 Å². The molecule has 1 saturated heterocycles. The summed E-state index contributed by atoms with van der Waals surface area (Å²) < 4.78 is 5.76. The number of nitro groups is 1. The van der Waals surface area contributed by atoms with Gasteiger partial charge in [-0.3, -0.25) is 24.6 Å². The van der Waals surface area contributed by atoms with Gasteiger partial charge in [0, 0.05) is 23.3 Å². The number of carbonyl (C=O) groups is 2. The lowest BCUT2D eigenvalue weighted by atomic mass is 10.1. The van der Waals surface area contributed by atoms with Crippen LogP contribution < -0.4 is 0 Å². The summed E-state index contributed by atoms with van der Waals surface area (Å²) in [5.41, 5.74) is 3.10. The second-order valence-corrected chi connectivity index (χ2v) is 8.21. The Hall–Kier alpha value is -3.65. The van der Waals surface area contributed by atoms with Crippen molar-refractivity contribution in [2.24, 2.45) is 0 Å². The van der Waals surface area contributed by atoms with Crippen molar-refractivity contribution < 1.29 is 18.9 Å². The molecule has 7 nitrogen and oxygen atoms in total. The fourth-order valence-corrected chi connectivity index (χ4v) is 4.00. The highest BCUT2D eigenvalue weighted by atomic mass is 32.2. The minimum atomic E-state index is -0.438. The van der Waals surface area contributed by atoms with Crippen LogP contribution in [-0.2, 0) is 11.3 Å². The summed E-state index contributed by atoms with van der Waals surface area (Å²) in [6.07, 6.45) is 1.52. The molecule has 2 heterocycles. The number of amides is 2. The predicted octanol–water partition coefficient (Wildman–Crippen LogP) is 5.71. The molecule has 31 heavy (non-hydrogen) atoms. The molecule has 1 aliphatic rings. The Morgan fingerprint density at radius 3 is 2.52 bits per heavy atom. The van der Waals surface area contributed by atoms with Crippen molar-refractivity contribution in [3.05, 3.63) is 92.1 Å². The number of hydrogen-bond acceptors (Lipinski definition) is 6. The molecular weight excluding hydrogens is 416 g/mol. The molecular formula is C23H18N2O5S. The van der Waals surface area contributed by atoms with Gasteiger partial charge in [0.2, 0.25) is 0 Å². The fraction of sp³-hybridized carbons (Fsp3) is 0.130. The lowest BCUT2D eigenvalue weighted by molar-refractivity contribution is -0.385. The number of thioether (sulfide) groups is 1. The van der Waals surface area contributed by atoms with Gasteiger partial charge in [-0.05, 0) is 43.3 Å². The molecule has 156 valence electrons. The van der Waals surface area contributed by atoms with E-state index in [0.717, 1.165) is 22.9 Å². The lowest BCUT2D eigenvalue weighted by Crippen LogP contribution is -2.27. The van der Waals surface area contributed by atoms with E-state index in [1.54, 1.807) is 31.2 Å². The third-order valence-electron chi connectivity index (χ3n) is 4.93. The molecule has 1 aliphatic heterocycles. The van der Waals surface area contributed by atoms with Crippen LogP contribution in [0.15, 0.2) is 63.9 Å². The first-order valence-electron chi connectivity index (χ1n) is 9.48. The van der Waals surface area contributed by atoms with Crippen molar-refractivity contribution in [2.75, 3.05) is 0 Å². The van der Waals surface area contributed by atoms with Crippen LogP contribution in [0.2, 0.25) is 0 Å². The molecule has 1 aromatic heterocycles. The minimum absolute atomic E-state index is 0.00711. The van der Waals surface area contributed by atoms with Gasteiger partial charge in [-0.2, -0.15) is 0 Å². The molecule has 0 atom stereocenters. The van der Waals surface area contributed by atoms with Crippen molar-refractivity contribution in [2.45, 2.75) is 20.4 Å². The third kappa shape index (κ3) is 4.29. The zero-order valence-electron chi connectivity index (χ0n) is 16.8. The number of furan rings is 1. The van der Waals surface area contributed by atoms with E-state index in [1.165, 1.54) is 17.0 Å². The number of carbonyl (C=O) groups excluding carboxylic acids is 2. The minimum Gasteiger partial charge on any atom is -0.457 e. The normalized spacial score (nSPS) is 15.2. The number of aryl methyl sites for hydroxylation is 2. The summed E-state index contributed by atoms with van der Waals surface area (Å²) in [6.45, 7) is 3.85. The van der Waals surface area contributed by atoms with Crippen molar-refractivity contribution in [1.82, 2.24) is 4.90 Å². The monoisotopic (exact) mass is 434 g/mol. The highest BCUT2D eigenvalue weighted by Crippen LogP contribution is 2.35. The SMILES string of the molecule is Cc1ccc(CN2C(=O)S/C(=C/c3ccc(-c4ccc(C)c([N+](=O)[O-])c4)o3)C2=O)cc1. The molecule has 4 rings (SSSR count). The van der Waals surface area contributed by atoms with E-state index in [9.17, 15) is 19.7 Å². The van der Waals surface area contributed by atoms with E-state index in [4.69, 9.17) is 4.42 Å². The van der Waals surface area contributed by atoms with Crippen molar-refractivity contribution in [3.8, 4) is 11.3 Å². The maximum Gasteiger partial charge on any atom is 0.293 e. The molecule has 0 bridgehead atoms. The third-order valence-corrected chi connectivity index (χ3v) is 5.83. The zero-order valence-corrected chi connectivity index (χ0v) is 17.6. The standard InChI is InChI=1S/C23H18N2O5S/c1-14-3-6-16(7-4-14)13-24-22(26)21(31-23(24)27)12-18-9-10-20(30-18)17-8-5-15(2)19(11-17)25(28)29/h3-12H,13H2,1-2H3/b21-12+. The average molecular weight is 434 g/mol. The van der Waals surface area contributed by atoms with Crippen LogP contribution >= 0.6 is 11.8 Å². The number of nitro benzene ring substituents is 1. The van der Waals surface area contributed by atoms with E-state index >= 15 is 0 Å². The molecule has 0 aliphatic carbocycles. The Balaban J connectivity index is 1.55. The van der Waals surface area contributed by atoms with Crippen molar-refractivity contribution in [1.29, 1.82) is 0 Å². The zero-order chi connectivity index (χ0) is 22.1. The Morgan fingerprint density at radius 1 is 1.06 bits per heavy atom. The summed E-state index contributed by atoms with van der Waals surface area (Å²) in [7, 11) is 0. The van der Waals surface area contributed by atoms with Gasteiger partial charge in [-0.25, -0.2) is 0 Å². The quantitative estimate of drug-likeness (QED) is 0.290. The molecule has 0 radical (unpaired) electrons. The van der Waals surface area contributed by atoms with E-state index in [1.807, 2.05) is 31.2 Å². The Labute approximate surface area is 182 Å². The number of nitrogens with zero attached hydrogens (tertiary/aromatic N) is 2. The van der Waals surface area contributed by atoms with E-state index in [0.29, 0.717) is 22.6 Å². The number of hydrogen-bond donors (Lipinski definition) is 0. The molecule has 0 saturated carbocycles. The van der Waals surface area contributed by atoms with Crippen LogP contribution in [0, 0.1) is 24.0 Å². The van der Waals surface area contributed by atoms with Crippen LogP contribution in [0.25, 0.3) is 17.4 Å². The van der Waals surface area contributed by atoms with Gasteiger partial charge < -0.3 is 4.42 Å². The molecule has 2 aromatic carbocycles. The first kappa shape index (κ1) is 20.6. The van der Waals surface area contributed by atoms with Gasteiger partial charge in [0.1, 0.15) is 11.5 Å². The van der Waals surface area contributed by atoms with Crippen LogP contribution in [0.1, 0.15) is 22.5 Å². The maximum absolute atomic E-state index is 12.7. The van der Waals surface area contributed by atoms with Crippen LogP contribution in [0.3, 0.4) is 0 Å². The first-order chi connectivity index (χ1) is 14.8. The second-order valence-electron chi connectivity index (χ2n) is 7.21. The second kappa shape index (κ2) is 8.23. The van der Waals surface area contributed by atoms with Gasteiger partial charge in [0.05, 0.1) is 16.4 Å². The van der Waals surface area contributed by atoms with Crippen molar-refractivity contribution >= 4 is 34.7 Å². The molecule has 0 spiro atoms. The lowest BCUT2D eigenvalue weighted by Gasteiger charge is -2.12. The summed E-state index contributed by atoms with van der Waals surface area (Å²) in [5, 5.41) is 10.8. The van der Waals surface area contributed by atoms with Gasteiger partial charge in [0.25, 0.3) is 16.8 Å². The molecule has 1 fully saturated rings. The average Bonchev–Trinajstić information content (AvgIpc) is 3.30. The molecule has 2 amide bonds. The topological polar surface area (TPSA) is 93.7 Å². The Morgan fingerprint density at radius 2 is 1.81 bits per heavy atom. The maximum atomic E-state index is 12.7. The van der Waals surface area contributed by atoms with E-state index in [-0.39, 0.29) is 28.3 Å². The summed E-state index contributed by atoms with van der Waals surface area (Å²) in [5.74, 6) is 0.451. The summed E-state index contributed by atoms with van der Waals surface area (Å²) in [4.78, 5) is 37.3. The summed E-state index contributed by atoms with van der Waals surface area (Å²) >= 11 is 0.862. The van der Waals surface area contributed by atoms with Gasteiger partial charge >= 0.3 is 0 Å².